The first-order valence-electron chi connectivity index (χ1n) is 8.46. The van der Waals surface area contributed by atoms with Crippen molar-refractivity contribution in [3.05, 3.63) is 93.2 Å². The third-order valence-corrected chi connectivity index (χ3v) is 5.95. The molecule has 6 heteroatoms. The molecule has 136 valence electrons. The van der Waals surface area contributed by atoms with Gasteiger partial charge in [-0.2, -0.15) is 0 Å². The first kappa shape index (κ1) is 17.9. The van der Waals surface area contributed by atoms with Gasteiger partial charge in [-0.15, -0.1) is 11.3 Å². The van der Waals surface area contributed by atoms with Crippen LogP contribution in [-0.4, -0.2) is 10.5 Å². The van der Waals surface area contributed by atoms with E-state index in [1.807, 2.05) is 47.0 Å². The van der Waals surface area contributed by atoms with Crippen molar-refractivity contribution < 1.29 is 9.18 Å². The Morgan fingerprint density at radius 3 is 2.59 bits per heavy atom. The maximum Gasteiger partial charge on any atom is 0.268 e. The molecule has 0 aliphatic carbocycles. The topological polar surface area (TPSA) is 34.0 Å². The van der Waals surface area contributed by atoms with Gasteiger partial charge in [0.2, 0.25) is 0 Å². The molecule has 2 heterocycles. The van der Waals surface area contributed by atoms with E-state index in [0.29, 0.717) is 17.8 Å². The monoisotopic (exact) mass is 442 g/mol. The maximum atomic E-state index is 13.8. The molecule has 2 aromatic heterocycles. The highest BCUT2D eigenvalue weighted by molar-refractivity contribution is 9.11. The standard InChI is InChI=1S/C21H16BrFN2OS/c22-20-11-17-19(27-20)10-18(25(17)13-14-6-2-1-3-7-14)21(26)24-12-15-8-4-5-9-16(15)23/h1-11H,12-13H2,(H,24,26). The Morgan fingerprint density at radius 2 is 1.81 bits per heavy atom. The number of aromatic nitrogens is 1. The fourth-order valence-electron chi connectivity index (χ4n) is 3.04. The summed E-state index contributed by atoms with van der Waals surface area (Å²) < 4.78 is 17.9. The third kappa shape index (κ3) is 3.82. The number of thiophene rings is 1. The van der Waals surface area contributed by atoms with Gasteiger partial charge in [-0.25, -0.2) is 4.39 Å². The molecular weight excluding hydrogens is 427 g/mol. The number of benzene rings is 2. The van der Waals surface area contributed by atoms with Crippen molar-refractivity contribution in [3.63, 3.8) is 0 Å². The Balaban J connectivity index is 1.64. The SMILES string of the molecule is O=C(NCc1ccccc1F)c1cc2sc(Br)cc2n1Cc1ccccc1. The van der Waals surface area contributed by atoms with Gasteiger partial charge in [-0.05, 0) is 39.7 Å². The van der Waals surface area contributed by atoms with E-state index in [9.17, 15) is 9.18 Å². The van der Waals surface area contributed by atoms with E-state index >= 15 is 0 Å². The zero-order chi connectivity index (χ0) is 18.8. The lowest BCUT2D eigenvalue weighted by atomic mass is 10.2. The molecule has 0 spiro atoms. The van der Waals surface area contributed by atoms with Gasteiger partial charge in [-0.1, -0.05) is 48.5 Å². The molecular formula is C21H16BrFN2OS. The molecule has 0 aliphatic heterocycles. The number of fused-ring (bicyclic) bond motifs is 1. The molecule has 0 bridgehead atoms. The predicted molar refractivity (Wildman–Crippen MR) is 111 cm³/mol. The number of hydrogen-bond acceptors (Lipinski definition) is 2. The number of halogens is 2. The van der Waals surface area contributed by atoms with Crippen molar-refractivity contribution >= 4 is 43.4 Å². The van der Waals surface area contributed by atoms with Crippen LogP contribution < -0.4 is 5.32 Å². The summed E-state index contributed by atoms with van der Waals surface area (Å²) in [6.07, 6.45) is 0. The average Bonchev–Trinajstić information content (AvgIpc) is 3.19. The summed E-state index contributed by atoms with van der Waals surface area (Å²) in [6, 6.07) is 20.4. The van der Waals surface area contributed by atoms with Gasteiger partial charge in [0.25, 0.3) is 5.91 Å². The van der Waals surface area contributed by atoms with Crippen molar-refractivity contribution in [2.45, 2.75) is 13.1 Å². The number of hydrogen-bond donors (Lipinski definition) is 1. The molecule has 2 aromatic carbocycles. The van der Waals surface area contributed by atoms with E-state index in [4.69, 9.17) is 0 Å². The lowest BCUT2D eigenvalue weighted by Crippen LogP contribution is -2.26. The molecule has 4 rings (SSSR count). The van der Waals surface area contributed by atoms with E-state index in [0.717, 1.165) is 19.6 Å². The summed E-state index contributed by atoms with van der Waals surface area (Å²) in [5, 5.41) is 2.84. The Labute approximate surface area is 168 Å². The Hall–Kier alpha value is -2.44. The lowest BCUT2D eigenvalue weighted by molar-refractivity contribution is 0.0942. The molecule has 0 unspecified atom stereocenters. The van der Waals surface area contributed by atoms with Gasteiger partial charge in [0.15, 0.2) is 0 Å². The Bertz CT molecular complexity index is 1100. The van der Waals surface area contributed by atoms with Gasteiger partial charge in [0.1, 0.15) is 11.5 Å². The minimum Gasteiger partial charge on any atom is -0.347 e. The molecule has 1 amide bonds. The molecule has 27 heavy (non-hydrogen) atoms. The first-order chi connectivity index (χ1) is 13.1. The van der Waals surface area contributed by atoms with Gasteiger partial charge < -0.3 is 9.88 Å². The highest BCUT2D eigenvalue weighted by atomic mass is 79.9. The molecule has 0 saturated heterocycles. The molecule has 3 nitrogen and oxygen atoms in total. The van der Waals surface area contributed by atoms with Gasteiger partial charge >= 0.3 is 0 Å². The molecule has 0 saturated carbocycles. The summed E-state index contributed by atoms with van der Waals surface area (Å²) >= 11 is 5.11. The van der Waals surface area contributed by atoms with Crippen LogP contribution in [0.1, 0.15) is 21.6 Å². The Kier molecular flexibility index (Phi) is 5.09. The summed E-state index contributed by atoms with van der Waals surface area (Å²) in [4.78, 5) is 12.8. The first-order valence-corrected chi connectivity index (χ1v) is 10.1. The van der Waals surface area contributed by atoms with Crippen LogP contribution in [0.4, 0.5) is 4.39 Å². The van der Waals surface area contributed by atoms with Crippen LogP contribution >= 0.6 is 27.3 Å². The zero-order valence-corrected chi connectivity index (χ0v) is 16.7. The van der Waals surface area contributed by atoms with Gasteiger partial charge in [-0.3, -0.25) is 4.79 Å². The smallest absolute Gasteiger partial charge is 0.268 e. The van der Waals surface area contributed by atoms with Gasteiger partial charge in [0, 0.05) is 18.7 Å². The normalized spacial score (nSPS) is 11.0. The van der Waals surface area contributed by atoms with E-state index < -0.39 is 0 Å². The van der Waals surface area contributed by atoms with Crippen molar-refractivity contribution in [2.75, 3.05) is 0 Å². The molecule has 0 radical (unpaired) electrons. The summed E-state index contributed by atoms with van der Waals surface area (Å²) in [6.45, 7) is 0.745. The molecule has 1 N–H and O–H groups in total. The molecule has 0 atom stereocenters. The van der Waals surface area contributed by atoms with Gasteiger partial charge in [0.05, 0.1) is 14.0 Å². The van der Waals surface area contributed by atoms with Crippen LogP contribution in [0, 0.1) is 5.82 Å². The van der Waals surface area contributed by atoms with Crippen molar-refractivity contribution in [3.8, 4) is 0 Å². The van der Waals surface area contributed by atoms with Crippen LogP contribution in [0.3, 0.4) is 0 Å². The van der Waals surface area contributed by atoms with E-state index in [-0.39, 0.29) is 18.3 Å². The second-order valence-corrected chi connectivity index (χ2v) is 8.64. The maximum absolute atomic E-state index is 13.8. The van der Waals surface area contributed by atoms with Crippen LogP contribution in [0.5, 0.6) is 0 Å². The van der Waals surface area contributed by atoms with Crippen LogP contribution in [0.15, 0.2) is 70.5 Å². The van der Waals surface area contributed by atoms with Crippen molar-refractivity contribution in [1.29, 1.82) is 0 Å². The van der Waals surface area contributed by atoms with Crippen LogP contribution in [0.25, 0.3) is 10.2 Å². The highest BCUT2D eigenvalue weighted by Crippen LogP contribution is 2.33. The fourth-order valence-corrected chi connectivity index (χ4v) is 4.61. The number of nitrogens with zero attached hydrogens (tertiary/aromatic N) is 1. The summed E-state index contributed by atoms with van der Waals surface area (Å²) in [5.41, 5.74) is 3.16. The number of carbonyl (C=O) groups excluding carboxylic acids is 1. The predicted octanol–water partition coefficient (Wildman–Crippen LogP) is 5.58. The number of nitrogens with one attached hydrogen (secondary N) is 1. The second kappa shape index (κ2) is 7.66. The quantitative estimate of drug-likeness (QED) is 0.429. The lowest BCUT2D eigenvalue weighted by Gasteiger charge is -2.11. The van der Waals surface area contributed by atoms with E-state index in [1.54, 1.807) is 29.5 Å². The summed E-state index contributed by atoms with van der Waals surface area (Å²) in [7, 11) is 0. The molecule has 4 aromatic rings. The summed E-state index contributed by atoms with van der Waals surface area (Å²) in [5.74, 6) is -0.531. The number of amides is 1. The van der Waals surface area contributed by atoms with Crippen LogP contribution in [-0.2, 0) is 13.1 Å². The largest absolute Gasteiger partial charge is 0.347 e. The third-order valence-electron chi connectivity index (χ3n) is 4.37. The Morgan fingerprint density at radius 1 is 1.07 bits per heavy atom. The number of carbonyl (C=O) groups is 1. The fraction of sp³-hybridized carbons (Fsp3) is 0.0952. The van der Waals surface area contributed by atoms with E-state index in [2.05, 4.69) is 21.2 Å². The second-order valence-electron chi connectivity index (χ2n) is 6.18. The van der Waals surface area contributed by atoms with Crippen molar-refractivity contribution in [2.24, 2.45) is 0 Å². The van der Waals surface area contributed by atoms with Crippen molar-refractivity contribution in [1.82, 2.24) is 9.88 Å². The molecule has 0 aliphatic rings. The average molecular weight is 443 g/mol. The zero-order valence-electron chi connectivity index (χ0n) is 14.3. The minimum absolute atomic E-state index is 0.152. The number of rotatable bonds is 5. The minimum atomic E-state index is -0.317. The molecule has 0 fully saturated rings. The van der Waals surface area contributed by atoms with Crippen LogP contribution in [0.2, 0.25) is 0 Å². The van der Waals surface area contributed by atoms with E-state index in [1.165, 1.54) is 6.07 Å². The highest BCUT2D eigenvalue weighted by Gasteiger charge is 2.18.